The highest BCUT2D eigenvalue weighted by Gasteiger charge is 2.24. The first kappa shape index (κ1) is 17.6. The molecule has 0 aliphatic carbocycles. The van der Waals surface area contributed by atoms with Gasteiger partial charge in [0.15, 0.2) is 0 Å². The van der Waals surface area contributed by atoms with Crippen molar-refractivity contribution in [3.8, 4) is 0 Å². The summed E-state index contributed by atoms with van der Waals surface area (Å²) in [4.78, 5) is 25.5. The van der Waals surface area contributed by atoms with Crippen molar-refractivity contribution in [1.29, 1.82) is 0 Å². The molecule has 2 N–H and O–H groups in total. The summed E-state index contributed by atoms with van der Waals surface area (Å²) in [7, 11) is 0. The highest BCUT2D eigenvalue weighted by Crippen LogP contribution is 2.19. The molecule has 0 aromatic rings. The zero-order chi connectivity index (χ0) is 15.9. The quantitative estimate of drug-likeness (QED) is 0.783. The number of likely N-dealkylation sites (tertiary alicyclic amines) is 1. The Morgan fingerprint density at radius 3 is 2.48 bits per heavy atom. The fourth-order valence-corrected chi connectivity index (χ4v) is 2.44. The molecule has 1 aliphatic heterocycles. The Balaban J connectivity index is 2.22. The van der Waals surface area contributed by atoms with E-state index < -0.39 is 11.7 Å². The number of hydrogen-bond donors (Lipinski definition) is 2. The van der Waals surface area contributed by atoms with Gasteiger partial charge in [-0.25, -0.2) is 9.59 Å². The van der Waals surface area contributed by atoms with Gasteiger partial charge in [0.05, 0.1) is 0 Å². The normalized spacial score (nSPS) is 19.0. The van der Waals surface area contributed by atoms with E-state index >= 15 is 0 Å². The maximum absolute atomic E-state index is 12.1. The number of alkyl carbamates (subject to hydrolysis) is 1. The largest absolute Gasteiger partial charge is 0.444 e. The molecule has 0 aromatic heterocycles. The molecule has 0 saturated carbocycles. The molecule has 0 aromatic carbocycles. The van der Waals surface area contributed by atoms with E-state index in [1.165, 1.54) is 6.42 Å². The summed E-state index contributed by atoms with van der Waals surface area (Å²) < 4.78 is 5.12. The Morgan fingerprint density at radius 1 is 1.19 bits per heavy atom. The number of carbonyl (C=O) groups excluding carboxylic acids is 2. The second kappa shape index (κ2) is 8.10. The average molecular weight is 299 g/mol. The lowest BCUT2D eigenvalue weighted by molar-refractivity contribution is 0.0527. The smallest absolute Gasteiger partial charge is 0.407 e. The van der Waals surface area contributed by atoms with Crippen LogP contribution in [0.25, 0.3) is 0 Å². The van der Waals surface area contributed by atoms with Gasteiger partial charge in [0.1, 0.15) is 5.60 Å². The molecule has 1 rings (SSSR count). The minimum absolute atomic E-state index is 0.0347. The standard InChI is InChI=1S/C15H29N3O3/c1-5-12-8-6-7-11-18(12)13(19)16-9-10-17-14(20)21-15(2,3)4/h12H,5-11H2,1-4H3,(H,16,19)(H,17,20). The first-order valence-corrected chi connectivity index (χ1v) is 7.85. The minimum Gasteiger partial charge on any atom is -0.444 e. The van der Waals surface area contributed by atoms with Gasteiger partial charge in [-0.2, -0.15) is 0 Å². The molecule has 0 bridgehead atoms. The number of amides is 3. The molecule has 1 heterocycles. The van der Waals surface area contributed by atoms with Gasteiger partial charge in [-0.15, -0.1) is 0 Å². The number of rotatable bonds is 4. The molecule has 6 heteroatoms. The van der Waals surface area contributed by atoms with Crippen LogP contribution in [0.5, 0.6) is 0 Å². The number of nitrogens with one attached hydrogen (secondary N) is 2. The predicted molar refractivity (Wildman–Crippen MR) is 82.3 cm³/mol. The summed E-state index contributed by atoms with van der Waals surface area (Å²) in [5, 5.41) is 5.48. The van der Waals surface area contributed by atoms with E-state index in [2.05, 4.69) is 17.6 Å². The molecular formula is C15H29N3O3. The van der Waals surface area contributed by atoms with Gasteiger partial charge in [-0.1, -0.05) is 6.92 Å². The maximum atomic E-state index is 12.1. The molecule has 3 amide bonds. The van der Waals surface area contributed by atoms with Crippen LogP contribution in [-0.4, -0.2) is 48.3 Å². The van der Waals surface area contributed by atoms with Crippen LogP contribution in [0, 0.1) is 0 Å². The third-order valence-electron chi connectivity index (χ3n) is 3.43. The molecule has 6 nitrogen and oxygen atoms in total. The lowest BCUT2D eigenvalue weighted by Crippen LogP contribution is -2.49. The predicted octanol–water partition coefficient (Wildman–Crippen LogP) is 2.49. The summed E-state index contributed by atoms with van der Waals surface area (Å²) >= 11 is 0. The summed E-state index contributed by atoms with van der Waals surface area (Å²) in [6.45, 7) is 9.15. The van der Waals surface area contributed by atoms with Crippen LogP contribution >= 0.6 is 0 Å². The van der Waals surface area contributed by atoms with Crippen LogP contribution in [0.15, 0.2) is 0 Å². The molecule has 1 atom stereocenters. The minimum atomic E-state index is -0.504. The van der Waals surface area contributed by atoms with E-state index in [0.29, 0.717) is 19.1 Å². The van der Waals surface area contributed by atoms with Crippen molar-refractivity contribution in [2.45, 2.75) is 65.0 Å². The molecule has 0 radical (unpaired) electrons. The van der Waals surface area contributed by atoms with Gasteiger partial charge >= 0.3 is 12.1 Å². The third kappa shape index (κ3) is 6.69. The Hall–Kier alpha value is -1.46. The van der Waals surface area contributed by atoms with Crippen LogP contribution in [0.2, 0.25) is 0 Å². The summed E-state index contributed by atoms with van der Waals surface area (Å²) in [5.41, 5.74) is -0.504. The van der Waals surface area contributed by atoms with Crippen LogP contribution in [0.1, 0.15) is 53.4 Å². The van der Waals surface area contributed by atoms with E-state index in [4.69, 9.17) is 4.74 Å². The molecule has 1 fully saturated rings. The first-order chi connectivity index (χ1) is 9.83. The van der Waals surface area contributed by atoms with Crippen LogP contribution < -0.4 is 10.6 Å². The number of piperidine rings is 1. The molecule has 0 spiro atoms. The zero-order valence-electron chi connectivity index (χ0n) is 13.7. The van der Waals surface area contributed by atoms with Crippen LogP contribution in [-0.2, 0) is 4.74 Å². The van der Waals surface area contributed by atoms with Gasteiger partial charge < -0.3 is 20.3 Å². The van der Waals surface area contributed by atoms with Gasteiger partial charge in [0.2, 0.25) is 0 Å². The molecular weight excluding hydrogens is 270 g/mol. The topological polar surface area (TPSA) is 70.7 Å². The Kier molecular flexibility index (Phi) is 6.78. The van der Waals surface area contributed by atoms with Gasteiger partial charge in [0.25, 0.3) is 0 Å². The first-order valence-electron chi connectivity index (χ1n) is 7.85. The van der Waals surface area contributed by atoms with Gasteiger partial charge in [0, 0.05) is 25.7 Å². The Labute approximate surface area is 127 Å². The summed E-state index contributed by atoms with van der Waals surface area (Å²) in [6, 6.07) is 0.310. The Bertz CT molecular complexity index is 353. The van der Waals surface area contributed by atoms with E-state index in [-0.39, 0.29) is 6.03 Å². The van der Waals surface area contributed by atoms with Gasteiger partial charge in [-0.3, -0.25) is 0 Å². The third-order valence-corrected chi connectivity index (χ3v) is 3.43. The monoisotopic (exact) mass is 299 g/mol. The maximum Gasteiger partial charge on any atom is 0.407 e. The lowest BCUT2D eigenvalue weighted by Gasteiger charge is -2.35. The van der Waals surface area contributed by atoms with Crippen LogP contribution in [0.3, 0.4) is 0 Å². The zero-order valence-corrected chi connectivity index (χ0v) is 13.7. The number of ether oxygens (including phenoxy) is 1. The van der Waals surface area contributed by atoms with E-state index in [0.717, 1.165) is 25.8 Å². The SMILES string of the molecule is CCC1CCCCN1C(=O)NCCNC(=O)OC(C)(C)C. The molecule has 21 heavy (non-hydrogen) atoms. The van der Waals surface area contributed by atoms with E-state index in [1.807, 2.05) is 25.7 Å². The molecule has 1 unspecified atom stereocenters. The van der Waals surface area contributed by atoms with Crippen molar-refractivity contribution in [2.75, 3.05) is 19.6 Å². The molecule has 1 saturated heterocycles. The number of nitrogens with zero attached hydrogens (tertiary/aromatic N) is 1. The number of hydrogen-bond acceptors (Lipinski definition) is 3. The average Bonchev–Trinajstić information content (AvgIpc) is 2.41. The molecule has 122 valence electrons. The second-order valence-corrected chi connectivity index (χ2v) is 6.41. The highest BCUT2D eigenvalue weighted by atomic mass is 16.6. The second-order valence-electron chi connectivity index (χ2n) is 6.41. The lowest BCUT2D eigenvalue weighted by atomic mass is 10.0. The van der Waals surface area contributed by atoms with Gasteiger partial charge in [-0.05, 0) is 46.5 Å². The molecule has 1 aliphatic rings. The highest BCUT2D eigenvalue weighted by molar-refractivity contribution is 5.74. The van der Waals surface area contributed by atoms with Crippen molar-refractivity contribution in [3.05, 3.63) is 0 Å². The fraction of sp³-hybridized carbons (Fsp3) is 0.867. The van der Waals surface area contributed by atoms with Crippen molar-refractivity contribution in [3.63, 3.8) is 0 Å². The Morgan fingerprint density at radius 2 is 1.86 bits per heavy atom. The summed E-state index contributed by atoms with van der Waals surface area (Å²) in [5.74, 6) is 0. The van der Waals surface area contributed by atoms with Crippen molar-refractivity contribution in [1.82, 2.24) is 15.5 Å². The van der Waals surface area contributed by atoms with Crippen LogP contribution in [0.4, 0.5) is 9.59 Å². The fourth-order valence-electron chi connectivity index (χ4n) is 2.44. The van der Waals surface area contributed by atoms with Crippen molar-refractivity contribution >= 4 is 12.1 Å². The van der Waals surface area contributed by atoms with Crippen molar-refractivity contribution < 1.29 is 14.3 Å². The number of urea groups is 1. The van der Waals surface area contributed by atoms with E-state index in [9.17, 15) is 9.59 Å². The van der Waals surface area contributed by atoms with Crippen molar-refractivity contribution in [2.24, 2.45) is 0 Å². The summed E-state index contributed by atoms with van der Waals surface area (Å²) in [6.07, 6.45) is 3.88. The van der Waals surface area contributed by atoms with E-state index in [1.54, 1.807) is 0 Å². The number of carbonyl (C=O) groups is 2.